The van der Waals surface area contributed by atoms with E-state index >= 15 is 0 Å². The van der Waals surface area contributed by atoms with Crippen molar-refractivity contribution in [3.8, 4) is 5.75 Å². The zero-order valence-corrected chi connectivity index (χ0v) is 14.4. The zero-order valence-electron chi connectivity index (χ0n) is 14.4. The summed E-state index contributed by atoms with van der Waals surface area (Å²) in [6.45, 7) is 5.89. The minimum absolute atomic E-state index is 0.360. The molecule has 0 fully saturated rings. The molecule has 3 nitrogen and oxygen atoms in total. The van der Waals surface area contributed by atoms with Crippen molar-refractivity contribution in [1.82, 2.24) is 4.90 Å². The highest BCUT2D eigenvalue weighted by Gasteiger charge is 2.14. The third kappa shape index (κ3) is 5.84. The third-order valence-corrected chi connectivity index (χ3v) is 4.01. The standard InChI is InChI=1S/C21H27NO2/c1-3-4-13-20(23)17-22(15-18-10-6-5-7-11-18)16-19-12-8-9-14-21(19)24-2/h3,5-12,14,20,23H,1,4,13,15-17H2,2H3. The summed E-state index contributed by atoms with van der Waals surface area (Å²) in [4.78, 5) is 2.26. The lowest BCUT2D eigenvalue weighted by molar-refractivity contribution is 0.0979. The quantitative estimate of drug-likeness (QED) is 0.670. The first-order chi connectivity index (χ1) is 11.7. The van der Waals surface area contributed by atoms with E-state index in [9.17, 15) is 5.11 Å². The Labute approximate surface area is 145 Å². The van der Waals surface area contributed by atoms with E-state index in [0.29, 0.717) is 6.54 Å². The largest absolute Gasteiger partial charge is 0.496 e. The molecule has 0 radical (unpaired) electrons. The number of hydrogen-bond acceptors (Lipinski definition) is 3. The first-order valence-electron chi connectivity index (χ1n) is 8.40. The van der Waals surface area contributed by atoms with Crippen LogP contribution in [0.2, 0.25) is 0 Å². The highest BCUT2D eigenvalue weighted by atomic mass is 16.5. The summed E-state index contributed by atoms with van der Waals surface area (Å²) >= 11 is 0. The Bertz CT molecular complexity index is 612. The van der Waals surface area contributed by atoms with Crippen LogP contribution >= 0.6 is 0 Å². The second-order valence-electron chi connectivity index (χ2n) is 5.99. The van der Waals surface area contributed by atoms with Gasteiger partial charge >= 0.3 is 0 Å². The second kappa shape index (κ2) is 9.91. The van der Waals surface area contributed by atoms with Crippen LogP contribution in [-0.2, 0) is 13.1 Å². The van der Waals surface area contributed by atoms with Gasteiger partial charge in [-0.1, -0.05) is 54.6 Å². The van der Waals surface area contributed by atoms with Crippen molar-refractivity contribution in [2.24, 2.45) is 0 Å². The summed E-state index contributed by atoms with van der Waals surface area (Å²) in [5.74, 6) is 0.885. The van der Waals surface area contributed by atoms with Gasteiger partial charge in [0.1, 0.15) is 5.75 Å². The van der Waals surface area contributed by atoms with Crippen LogP contribution in [0.1, 0.15) is 24.0 Å². The van der Waals surface area contributed by atoms with E-state index in [-0.39, 0.29) is 6.10 Å². The zero-order chi connectivity index (χ0) is 17.2. The topological polar surface area (TPSA) is 32.7 Å². The van der Waals surface area contributed by atoms with Gasteiger partial charge in [-0.15, -0.1) is 6.58 Å². The maximum absolute atomic E-state index is 10.3. The van der Waals surface area contributed by atoms with E-state index in [0.717, 1.165) is 37.2 Å². The molecule has 0 bridgehead atoms. The fraction of sp³-hybridized carbons (Fsp3) is 0.333. The van der Waals surface area contributed by atoms with Crippen LogP contribution < -0.4 is 4.74 Å². The van der Waals surface area contributed by atoms with Crippen LogP contribution in [0.3, 0.4) is 0 Å². The first kappa shape index (κ1) is 18.2. The molecule has 1 atom stereocenters. The molecule has 0 aliphatic carbocycles. The Morgan fingerprint density at radius 1 is 1.08 bits per heavy atom. The van der Waals surface area contributed by atoms with E-state index in [4.69, 9.17) is 4.74 Å². The van der Waals surface area contributed by atoms with Crippen LogP contribution in [0.15, 0.2) is 67.3 Å². The van der Waals surface area contributed by atoms with Gasteiger partial charge in [-0.05, 0) is 24.5 Å². The molecule has 2 rings (SSSR count). The van der Waals surface area contributed by atoms with E-state index in [1.54, 1.807) is 7.11 Å². The summed E-state index contributed by atoms with van der Waals surface area (Å²) in [6, 6.07) is 18.4. The summed E-state index contributed by atoms with van der Waals surface area (Å²) in [7, 11) is 1.69. The van der Waals surface area contributed by atoms with Gasteiger partial charge in [0.15, 0.2) is 0 Å². The highest BCUT2D eigenvalue weighted by molar-refractivity contribution is 5.33. The SMILES string of the molecule is C=CCCC(O)CN(Cc1ccccc1)Cc1ccccc1OC. The van der Waals surface area contributed by atoms with Crippen molar-refractivity contribution in [2.75, 3.05) is 13.7 Å². The molecule has 0 saturated carbocycles. The molecule has 0 aliphatic rings. The minimum Gasteiger partial charge on any atom is -0.496 e. The fourth-order valence-electron chi connectivity index (χ4n) is 2.80. The Kier molecular flexibility index (Phi) is 7.53. The molecule has 2 aromatic rings. The van der Waals surface area contributed by atoms with E-state index in [1.165, 1.54) is 5.56 Å². The third-order valence-electron chi connectivity index (χ3n) is 4.01. The van der Waals surface area contributed by atoms with Gasteiger partial charge < -0.3 is 9.84 Å². The molecule has 3 heteroatoms. The van der Waals surface area contributed by atoms with Gasteiger partial charge in [-0.2, -0.15) is 0 Å². The predicted molar refractivity (Wildman–Crippen MR) is 99.0 cm³/mol. The molecular weight excluding hydrogens is 298 g/mol. The summed E-state index contributed by atoms with van der Waals surface area (Å²) in [5, 5.41) is 10.3. The molecule has 0 aromatic heterocycles. The number of rotatable bonds is 10. The Hall–Kier alpha value is -2.10. The van der Waals surface area contributed by atoms with Crippen LogP contribution in [-0.4, -0.2) is 29.8 Å². The van der Waals surface area contributed by atoms with Crippen molar-refractivity contribution in [2.45, 2.75) is 32.0 Å². The van der Waals surface area contributed by atoms with Crippen molar-refractivity contribution >= 4 is 0 Å². The number of para-hydroxylation sites is 1. The van der Waals surface area contributed by atoms with Gasteiger partial charge in [-0.25, -0.2) is 0 Å². The molecule has 0 aliphatic heterocycles. The number of allylic oxidation sites excluding steroid dienone is 1. The average Bonchev–Trinajstić information content (AvgIpc) is 2.61. The van der Waals surface area contributed by atoms with Gasteiger partial charge in [0.05, 0.1) is 13.2 Å². The lowest BCUT2D eigenvalue weighted by Gasteiger charge is -2.26. The molecule has 1 N–H and O–H groups in total. The Morgan fingerprint density at radius 2 is 1.79 bits per heavy atom. The number of ether oxygens (including phenoxy) is 1. The minimum atomic E-state index is -0.360. The molecule has 0 saturated heterocycles. The van der Waals surface area contributed by atoms with Crippen molar-refractivity contribution < 1.29 is 9.84 Å². The van der Waals surface area contributed by atoms with E-state index in [2.05, 4.69) is 29.7 Å². The number of aliphatic hydroxyl groups is 1. The van der Waals surface area contributed by atoms with Crippen molar-refractivity contribution in [3.63, 3.8) is 0 Å². The summed E-state index contributed by atoms with van der Waals surface area (Å²) in [5.41, 5.74) is 2.37. The number of methoxy groups -OCH3 is 1. The predicted octanol–water partition coefficient (Wildman–Crippen LogP) is 4.02. The summed E-state index contributed by atoms with van der Waals surface area (Å²) < 4.78 is 5.46. The number of aliphatic hydroxyl groups excluding tert-OH is 1. The van der Waals surface area contributed by atoms with Crippen LogP contribution in [0.25, 0.3) is 0 Å². The Balaban J connectivity index is 2.10. The van der Waals surface area contributed by atoms with E-state index in [1.807, 2.05) is 42.5 Å². The molecule has 0 heterocycles. The molecular formula is C21H27NO2. The molecule has 1 unspecified atom stereocenters. The Morgan fingerprint density at radius 3 is 2.50 bits per heavy atom. The molecule has 2 aromatic carbocycles. The lowest BCUT2D eigenvalue weighted by atomic mass is 10.1. The lowest BCUT2D eigenvalue weighted by Crippen LogP contribution is -2.31. The van der Waals surface area contributed by atoms with Crippen LogP contribution in [0.5, 0.6) is 5.75 Å². The van der Waals surface area contributed by atoms with Gasteiger partial charge in [0.2, 0.25) is 0 Å². The average molecular weight is 325 g/mol. The second-order valence-corrected chi connectivity index (χ2v) is 5.99. The first-order valence-corrected chi connectivity index (χ1v) is 8.40. The molecule has 128 valence electrons. The highest BCUT2D eigenvalue weighted by Crippen LogP contribution is 2.21. The van der Waals surface area contributed by atoms with Gasteiger partial charge in [0, 0.05) is 25.2 Å². The van der Waals surface area contributed by atoms with Crippen LogP contribution in [0.4, 0.5) is 0 Å². The maximum atomic E-state index is 10.3. The number of benzene rings is 2. The molecule has 24 heavy (non-hydrogen) atoms. The van der Waals surface area contributed by atoms with E-state index < -0.39 is 0 Å². The maximum Gasteiger partial charge on any atom is 0.123 e. The monoisotopic (exact) mass is 325 g/mol. The van der Waals surface area contributed by atoms with Gasteiger partial charge in [0.25, 0.3) is 0 Å². The number of hydrogen-bond donors (Lipinski definition) is 1. The fourth-order valence-corrected chi connectivity index (χ4v) is 2.80. The molecule has 0 spiro atoms. The molecule has 0 amide bonds. The normalized spacial score (nSPS) is 12.1. The van der Waals surface area contributed by atoms with Crippen LogP contribution in [0, 0.1) is 0 Å². The smallest absolute Gasteiger partial charge is 0.123 e. The van der Waals surface area contributed by atoms with Crippen molar-refractivity contribution in [1.29, 1.82) is 0 Å². The number of nitrogens with zero attached hydrogens (tertiary/aromatic N) is 1. The van der Waals surface area contributed by atoms with Crippen molar-refractivity contribution in [3.05, 3.63) is 78.4 Å². The summed E-state index contributed by atoms with van der Waals surface area (Å²) in [6.07, 6.45) is 3.06. The van der Waals surface area contributed by atoms with Gasteiger partial charge in [-0.3, -0.25) is 4.90 Å².